The van der Waals surface area contributed by atoms with Gasteiger partial charge in [-0.05, 0) is 69.0 Å². The summed E-state index contributed by atoms with van der Waals surface area (Å²) in [6.07, 6.45) is 8.22. The van der Waals surface area contributed by atoms with Crippen molar-refractivity contribution in [1.82, 2.24) is 4.90 Å². The highest BCUT2D eigenvalue weighted by molar-refractivity contribution is 7.89. The van der Waals surface area contributed by atoms with Gasteiger partial charge in [0.25, 0.3) is 0 Å². The van der Waals surface area contributed by atoms with Gasteiger partial charge < -0.3 is 9.47 Å². The first-order chi connectivity index (χ1) is 14.4. The van der Waals surface area contributed by atoms with Gasteiger partial charge in [-0.25, -0.2) is 8.42 Å². The Bertz CT molecular complexity index is 862. The lowest BCUT2D eigenvalue weighted by atomic mass is 9.82. The first-order valence-electron chi connectivity index (χ1n) is 11.3. The van der Waals surface area contributed by atoms with Crippen molar-refractivity contribution >= 4 is 15.7 Å². The first-order valence-corrected chi connectivity index (χ1v) is 13.2. The second kappa shape index (κ2) is 9.37. The van der Waals surface area contributed by atoms with Crippen molar-refractivity contribution < 1.29 is 17.9 Å². The van der Waals surface area contributed by atoms with Crippen molar-refractivity contribution in [2.24, 2.45) is 4.40 Å². The van der Waals surface area contributed by atoms with Crippen molar-refractivity contribution in [3.05, 3.63) is 29.8 Å². The molecule has 2 atom stereocenters. The summed E-state index contributed by atoms with van der Waals surface area (Å²) >= 11 is 0. The van der Waals surface area contributed by atoms with Crippen LogP contribution < -0.4 is 4.74 Å². The maximum atomic E-state index is 11.9. The van der Waals surface area contributed by atoms with Crippen molar-refractivity contribution in [1.29, 1.82) is 0 Å². The smallest absolute Gasteiger partial charge is 0.250 e. The highest BCUT2D eigenvalue weighted by Gasteiger charge is 2.34. The summed E-state index contributed by atoms with van der Waals surface area (Å²) < 4.78 is 40.8. The maximum absolute atomic E-state index is 11.9. The molecule has 1 unspecified atom stereocenters. The number of benzene rings is 1. The Morgan fingerprint density at radius 2 is 1.93 bits per heavy atom. The number of hydrogen-bond donors (Lipinski definition) is 0. The van der Waals surface area contributed by atoms with E-state index in [9.17, 15) is 8.42 Å². The van der Waals surface area contributed by atoms with E-state index in [1.807, 2.05) is 0 Å². The standard InChI is InChI=1S/C23H34N2O4S/c1-3-18-15-25-14-6-8-21(24-30(2,26)27)22(25)16-28-19-12-10-17(11-13-19)20-7-4-5-9-23(20)29-18/h4-5,7,9,17-19,22H,3,6,8,10-16H2,1-2H3/b24-21+/t17?,18-,19?,22?/m0/s1. The van der Waals surface area contributed by atoms with Crippen LogP contribution in [0.15, 0.2) is 28.7 Å². The van der Waals surface area contributed by atoms with Gasteiger partial charge in [0.05, 0.1) is 30.7 Å². The molecule has 30 heavy (non-hydrogen) atoms. The molecule has 3 heterocycles. The fourth-order valence-electron chi connectivity index (χ4n) is 5.12. The van der Waals surface area contributed by atoms with Gasteiger partial charge in [0.1, 0.15) is 11.9 Å². The van der Waals surface area contributed by atoms with E-state index >= 15 is 0 Å². The molecule has 0 spiro atoms. The van der Waals surface area contributed by atoms with Gasteiger partial charge >= 0.3 is 0 Å². The van der Waals surface area contributed by atoms with Gasteiger partial charge in [0, 0.05) is 6.54 Å². The normalized spacial score (nSPS) is 32.3. The van der Waals surface area contributed by atoms with Gasteiger partial charge in [0.15, 0.2) is 0 Å². The molecule has 1 aromatic rings. The van der Waals surface area contributed by atoms with Crippen LogP contribution >= 0.6 is 0 Å². The minimum atomic E-state index is -3.43. The summed E-state index contributed by atoms with van der Waals surface area (Å²) in [4.78, 5) is 2.33. The molecule has 166 valence electrons. The Labute approximate surface area is 180 Å². The summed E-state index contributed by atoms with van der Waals surface area (Å²) in [5.41, 5.74) is 2.06. The fourth-order valence-corrected chi connectivity index (χ4v) is 5.76. The van der Waals surface area contributed by atoms with E-state index < -0.39 is 10.0 Å². The monoisotopic (exact) mass is 434 g/mol. The molecule has 0 radical (unpaired) electrons. The number of hydrogen-bond acceptors (Lipinski definition) is 5. The van der Waals surface area contributed by atoms with E-state index in [-0.39, 0.29) is 18.2 Å². The first kappa shape index (κ1) is 21.8. The number of sulfonamides is 1. The van der Waals surface area contributed by atoms with Gasteiger partial charge in [-0.15, -0.1) is 0 Å². The minimum absolute atomic E-state index is 0.0455. The third-order valence-corrected chi connectivity index (χ3v) is 7.26. The van der Waals surface area contributed by atoms with Crippen LogP contribution in [0.3, 0.4) is 0 Å². The predicted octanol–water partition coefficient (Wildman–Crippen LogP) is 3.77. The molecule has 0 aromatic heterocycles. The molecule has 1 aromatic carbocycles. The SMILES string of the molecule is CC[C@H]1CN2CCC/C(=N\S(C)(=O)=O)C2COC2CCC(CC2)c2ccccc2O1. The fraction of sp³-hybridized carbons (Fsp3) is 0.696. The lowest BCUT2D eigenvalue weighted by Gasteiger charge is -2.38. The molecule has 1 saturated carbocycles. The Morgan fingerprint density at radius 1 is 1.17 bits per heavy atom. The lowest BCUT2D eigenvalue weighted by molar-refractivity contribution is -0.00436. The van der Waals surface area contributed by atoms with Gasteiger partial charge in [-0.1, -0.05) is 25.1 Å². The highest BCUT2D eigenvalue weighted by atomic mass is 32.2. The number of ether oxygens (including phenoxy) is 2. The predicted molar refractivity (Wildman–Crippen MR) is 119 cm³/mol. The maximum Gasteiger partial charge on any atom is 0.250 e. The third kappa shape index (κ3) is 5.24. The molecular formula is C23H34N2O4S. The lowest BCUT2D eigenvalue weighted by Crippen LogP contribution is -2.52. The topological polar surface area (TPSA) is 68.2 Å². The van der Waals surface area contributed by atoms with E-state index in [0.717, 1.165) is 63.1 Å². The second-order valence-electron chi connectivity index (χ2n) is 8.92. The zero-order valence-corrected chi connectivity index (χ0v) is 18.9. The average Bonchev–Trinajstić information content (AvgIpc) is 2.74. The largest absolute Gasteiger partial charge is 0.489 e. The van der Waals surface area contributed by atoms with E-state index in [1.54, 1.807) is 0 Å². The summed E-state index contributed by atoms with van der Waals surface area (Å²) in [5, 5.41) is 0. The van der Waals surface area contributed by atoms with Crippen LogP contribution in [0.5, 0.6) is 5.75 Å². The average molecular weight is 435 g/mol. The van der Waals surface area contributed by atoms with Gasteiger partial charge in [0.2, 0.25) is 10.0 Å². The Morgan fingerprint density at radius 3 is 2.67 bits per heavy atom. The van der Waals surface area contributed by atoms with Crippen LogP contribution in [0.1, 0.15) is 63.4 Å². The summed E-state index contributed by atoms with van der Waals surface area (Å²) in [6.45, 7) is 4.31. The van der Waals surface area contributed by atoms with Gasteiger partial charge in [-0.2, -0.15) is 4.40 Å². The molecule has 0 amide bonds. The molecule has 0 N–H and O–H groups in total. The van der Waals surface area contributed by atoms with Crippen LogP contribution in [0.2, 0.25) is 0 Å². The van der Waals surface area contributed by atoms with Crippen LogP contribution in [-0.2, 0) is 14.8 Å². The Balaban J connectivity index is 1.66. The molecule has 5 rings (SSSR count). The molecule has 4 aliphatic rings. The Hall–Kier alpha value is -1.44. The zero-order chi connectivity index (χ0) is 21.1. The van der Waals surface area contributed by atoms with E-state index in [1.165, 1.54) is 11.8 Å². The van der Waals surface area contributed by atoms with Crippen LogP contribution in [0.4, 0.5) is 0 Å². The molecule has 1 aliphatic carbocycles. The molecule has 6 nitrogen and oxygen atoms in total. The van der Waals surface area contributed by atoms with E-state index in [0.29, 0.717) is 18.9 Å². The summed E-state index contributed by atoms with van der Waals surface area (Å²) in [6, 6.07) is 8.38. The van der Waals surface area contributed by atoms with Crippen molar-refractivity contribution in [3.63, 3.8) is 0 Å². The molecular weight excluding hydrogens is 400 g/mol. The van der Waals surface area contributed by atoms with Crippen molar-refractivity contribution in [3.8, 4) is 5.75 Å². The van der Waals surface area contributed by atoms with Crippen LogP contribution in [0.25, 0.3) is 0 Å². The van der Waals surface area contributed by atoms with Crippen LogP contribution in [-0.4, -0.2) is 63.2 Å². The van der Waals surface area contributed by atoms with Crippen molar-refractivity contribution in [2.75, 3.05) is 26.0 Å². The minimum Gasteiger partial charge on any atom is -0.489 e. The molecule has 3 aliphatic heterocycles. The molecule has 2 bridgehead atoms. The van der Waals surface area contributed by atoms with E-state index in [2.05, 4.69) is 40.5 Å². The van der Waals surface area contributed by atoms with Gasteiger partial charge in [-0.3, -0.25) is 4.90 Å². The third-order valence-electron chi connectivity index (χ3n) is 6.70. The number of fused-ring (bicyclic) bond motifs is 5. The number of piperidine rings is 1. The molecule has 1 saturated heterocycles. The van der Waals surface area contributed by atoms with Crippen LogP contribution in [0, 0.1) is 0 Å². The number of nitrogens with zero attached hydrogens (tertiary/aromatic N) is 2. The van der Waals surface area contributed by atoms with Crippen molar-refractivity contribution in [2.45, 2.75) is 76.0 Å². The Kier molecular flexibility index (Phi) is 6.80. The molecule has 7 heteroatoms. The second-order valence-corrected chi connectivity index (χ2v) is 10.6. The van der Waals surface area contributed by atoms with E-state index in [4.69, 9.17) is 9.47 Å². The number of rotatable bonds is 2. The summed E-state index contributed by atoms with van der Waals surface area (Å²) in [7, 11) is -3.43. The molecule has 2 fully saturated rings. The summed E-state index contributed by atoms with van der Waals surface area (Å²) in [5.74, 6) is 1.52. The zero-order valence-electron chi connectivity index (χ0n) is 18.1. The number of para-hydroxylation sites is 1. The highest BCUT2D eigenvalue weighted by Crippen LogP contribution is 2.39. The quantitative estimate of drug-likeness (QED) is 0.709.